The predicted octanol–water partition coefficient (Wildman–Crippen LogP) is 4.19. The van der Waals surface area contributed by atoms with E-state index >= 15 is 0 Å². The Balaban J connectivity index is 1.72. The highest BCUT2D eigenvalue weighted by Gasteiger charge is 2.47. The monoisotopic (exact) mass is 493 g/mol. The van der Waals surface area contributed by atoms with Crippen LogP contribution in [0.25, 0.3) is 0 Å². The highest BCUT2D eigenvalue weighted by molar-refractivity contribution is 6.12. The SMILES string of the molecule is COC(=O)[C@H]1C(=O)C2=C(C[C@H]1C)NC(C)=C(C(=O)OCc1ccc(OC)cc1)[C@H]2c1cccc(F)c1. The molecule has 1 heterocycles. The summed E-state index contributed by atoms with van der Waals surface area (Å²) < 4.78 is 30.0. The zero-order valence-electron chi connectivity index (χ0n) is 20.6. The maximum atomic E-state index is 14.3. The molecule has 0 saturated heterocycles. The van der Waals surface area contributed by atoms with Gasteiger partial charge < -0.3 is 19.5 Å². The molecule has 1 aliphatic carbocycles. The molecule has 0 bridgehead atoms. The third-order valence-electron chi connectivity index (χ3n) is 6.67. The average Bonchev–Trinajstić information content (AvgIpc) is 2.86. The van der Waals surface area contributed by atoms with E-state index in [1.807, 2.05) is 0 Å². The van der Waals surface area contributed by atoms with Gasteiger partial charge >= 0.3 is 11.9 Å². The zero-order chi connectivity index (χ0) is 26.0. The molecule has 0 unspecified atom stereocenters. The van der Waals surface area contributed by atoms with E-state index in [4.69, 9.17) is 14.2 Å². The van der Waals surface area contributed by atoms with Crippen LogP contribution in [0.15, 0.2) is 71.1 Å². The molecule has 2 aromatic carbocycles. The van der Waals surface area contributed by atoms with E-state index < -0.39 is 35.4 Å². The summed E-state index contributed by atoms with van der Waals surface area (Å²) in [6.45, 7) is 3.53. The van der Waals surface area contributed by atoms with E-state index in [1.165, 1.54) is 25.3 Å². The lowest BCUT2D eigenvalue weighted by Gasteiger charge is -2.38. The predicted molar refractivity (Wildman–Crippen MR) is 129 cm³/mol. The molecule has 0 spiro atoms. The van der Waals surface area contributed by atoms with Gasteiger partial charge in [0.25, 0.3) is 0 Å². The molecule has 0 saturated carbocycles. The van der Waals surface area contributed by atoms with Crippen molar-refractivity contribution >= 4 is 17.7 Å². The Morgan fingerprint density at radius 1 is 1.11 bits per heavy atom. The standard InChI is InChI=1S/C28H28FNO6/c1-15-12-21-25(26(31)22(15)27(32)35-4)24(18-6-5-7-19(29)13-18)23(16(2)30-21)28(33)36-14-17-8-10-20(34-3)11-9-17/h5-11,13,15,22,24,30H,12,14H2,1-4H3/t15-,22-,24-/m1/s1. The van der Waals surface area contributed by atoms with E-state index in [-0.39, 0.29) is 23.7 Å². The fraction of sp³-hybridized carbons (Fsp3) is 0.321. The molecule has 0 fully saturated rings. The summed E-state index contributed by atoms with van der Waals surface area (Å²) in [5, 5.41) is 3.19. The molecule has 36 heavy (non-hydrogen) atoms. The summed E-state index contributed by atoms with van der Waals surface area (Å²) in [7, 11) is 2.80. The maximum absolute atomic E-state index is 14.3. The van der Waals surface area contributed by atoms with Crippen molar-refractivity contribution in [2.75, 3.05) is 14.2 Å². The first-order valence-corrected chi connectivity index (χ1v) is 11.6. The van der Waals surface area contributed by atoms with Crippen LogP contribution in [0.2, 0.25) is 0 Å². The van der Waals surface area contributed by atoms with Crippen LogP contribution < -0.4 is 10.1 Å². The Bertz CT molecular complexity index is 1260. The lowest BCUT2D eigenvalue weighted by Crippen LogP contribution is -2.43. The van der Waals surface area contributed by atoms with E-state index in [9.17, 15) is 18.8 Å². The number of allylic oxidation sites excluding steroid dienone is 3. The number of benzene rings is 2. The molecule has 0 aromatic heterocycles. The number of carbonyl (C=O) groups is 3. The number of Topliss-reactive ketones (excluding diaryl/α,β-unsaturated/α-hetero) is 1. The van der Waals surface area contributed by atoms with Gasteiger partial charge in [-0.05, 0) is 54.7 Å². The number of carbonyl (C=O) groups excluding carboxylic acids is 3. The number of esters is 2. The van der Waals surface area contributed by atoms with Crippen molar-refractivity contribution in [3.8, 4) is 5.75 Å². The molecule has 0 radical (unpaired) electrons. The van der Waals surface area contributed by atoms with Crippen LogP contribution in [0.3, 0.4) is 0 Å². The van der Waals surface area contributed by atoms with Crippen LogP contribution in [0.1, 0.15) is 37.3 Å². The van der Waals surface area contributed by atoms with Gasteiger partial charge in [0.1, 0.15) is 24.1 Å². The topological polar surface area (TPSA) is 90.9 Å². The number of halogens is 1. The number of methoxy groups -OCH3 is 2. The van der Waals surface area contributed by atoms with Crippen LogP contribution in [0.4, 0.5) is 4.39 Å². The summed E-state index contributed by atoms with van der Waals surface area (Å²) in [6.07, 6.45) is 0.401. The van der Waals surface area contributed by atoms with Crippen LogP contribution in [-0.2, 0) is 30.5 Å². The van der Waals surface area contributed by atoms with E-state index in [0.717, 1.165) is 5.56 Å². The second-order valence-corrected chi connectivity index (χ2v) is 9.01. The van der Waals surface area contributed by atoms with Crippen LogP contribution in [0.5, 0.6) is 5.75 Å². The fourth-order valence-corrected chi connectivity index (χ4v) is 4.92. The van der Waals surface area contributed by atoms with Gasteiger partial charge in [0.15, 0.2) is 5.78 Å². The number of nitrogens with one attached hydrogen (secondary N) is 1. The summed E-state index contributed by atoms with van der Waals surface area (Å²) in [5.41, 5.74) is 2.76. The lowest BCUT2D eigenvalue weighted by molar-refractivity contribution is -0.151. The molecule has 2 aliphatic rings. The van der Waals surface area contributed by atoms with E-state index in [2.05, 4.69) is 5.32 Å². The van der Waals surface area contributed by atoms with Gasteiger partial charge in [-0.3, -0.25) is 9.59 Å². The highest BCUT2D eigenvalue weighted by atomic mass is 19.1. The summed E-state index contributed by atoms with van der Waals surface area (Å²) >= 11 is 0. The summed E-state index contributed by atoms with van der Waals surface area (Å²) in [6, 6.07) is 12.9. The van der Waals surface area contributed by atoms with Gasteiger partial charge in [0, 0.05) is 22.9 Å². The second kappa shape index (κ2) is 10.4. The number of rotatable bonds is 6. The Morgan fingerprint density at radius 3 is 2.47 bits per heavy atom. The first-order chi connectivity index (χ1) is 17.2. The number of ether oxygens (including phenoxy) is 3. The van der Waals surface area contributed by atoms with Crippen LogP contribution in [0, 0.1) is 17.7 Å². The van der Waals surface area contributed by atoms with Gasteiger partial charge in [-0.25, -0.2) is 9.18 Å². The van der Waals surface area contributed by atoms with Crippen molar-refractivity contribution < 1.29 is 33.0 Å². The molecule has 2 aromatic rings. The molecule has 7 nitrogen and oxygen atoms in total. The van der Waals surface area contributed by atoms with Crippen molar-refractivity contribution in [3.05, 3.63) is 88.0 Å². The minimum absolute atomic E-state index is 0.00283. The normalized spacial score (nSPS) is 21.5. The number of dihydropyridines is 1. The minimum atomic E-state index is -1.01. The first kappa shape index (κ1) is 25.2. The van der Waals surface area contributed by atoms with Gasteiger partial charge in [-0.1, -0.05) is 31.2 Å². The summed E-state index contributed by atoms with van der Waals surface area (Å²) in [4.78, 5) is 39.6. The zero-order valence-corrected chi connectivity index (χ0v) is 20.6. The van der Waals surface area contributed by atoms with Gasteiger partial charge in [0.05, 0.1) is 19.8 Å². The molecule has 4 rings (SSSR count). The van der Waals surface area contributed by atoms with Gasteiger partial charge in [-0.2, -0.15) is 0 Å². The molecule has 0 amide bonds. The number of hydrogen-bond donors (Lipinski definition) is 1. The molecule has 8 heteroatoms. The van der Waals surface area contributed by atoms with Crippen molar-refractivity contribution in [1.29, 1.82) is 0 Å². The van der Waals surface area contributed by atoms with Crippen molar-refractivity contribution in [3.63, 3.8) is 0 Å². The third kappa shape index (κ3) is 4.76. The van der Waals surface area contributed by atoms with Gasteiger partial charge in [0.2, 0.25) is 0 Å². The Labute approximate surface area is 208 Å². The van der Waals surface area contributed by atoms with Crippen molar-refractivity contribution in [2.24, 2.45) is 11.8 Å². The summed E-state index contributed by atoms with van der Waals surface area (Å²) in [5.74, 6) is -3.75. The Morgan fingerprint density at radius 2 is 1.83 bits per heavy atom. The molecular weight excluding hydrogens is 465 g/mol. The van der Waals surface area contributed by atoms with Crippen LogP contribution in [-0.4, -0.2) is 31.9 Å². The van der Waals surface area contributed by atoms with Gasteiger partial charge in [-0.15, -0.1) is 0 Å². The Kier molecular flexibility index (Phi) is 7.24. The number of ketones is 1. The van der Waals surface area contributed by atoms with E-state index in [0.29, 0.717) is 29.1 Å². The minimum Gasteiger partial charge on any atom is -0.497 e. The largest absolute Gasteiger partial charge is 0.497 e. The molecule has 3 atom stereocenters. The molecule has 1 N–H and O–H groups in total. The van der Waals surface area contributed by atoms with Crippen molar-refractivity contribution in [2.45, 2.75) is 32.8 Å². The fourth-order valence-electron chi connectivity index (χ4n) is 4.92. The lowest BCUT2D eigenvalue weighted by atomic mass is 9.69. The maximum Gasteiger partial charge on any atom is 0.337 e. The molecule has 188 valence electrons. The number of hydrogen-bond acceptors (Lipinski definition) is 7. The quantitative estimate of drug-likeness (QED) is 0.477. The van der Waals surface area contributed by atoms with Crippen molar-refractivity contribution in [1.82, 2.24) is 5.32 Å². The van der Waals surface area contributed by atoms with E-state index in [1.54, 1.807) is 51.3 Å². The molecular formula is C28H28FNO6. The average molecular weight is 494 g/mol. The highest BCUT2D eigenvalue weighted by Crippen LogP contribution is 2.45. The second-order valence-electron chi connectivity index (χ2n) is 9.01. The molecule has 1 aliphatic heterocycles. The Hall–Kier alpha value is -3.94. The first-order valence-electron chi connectivity index (χ1n) is 11.6. The van der Waals surface area contributed by atoms with Crippen LogP contribution >= 0.6 is 0 Å². The smallest absolute Gasteiger partial charge is 0.337 e. The third-order valence-corrected chi connectivity index (χ3v) is 6.67.